The van der Waals surface area contributed by atoms with E-state index >= 15 is 0 Å². The SMILES string of the molecule is CCCCC/C=C\C/C=C\C=C/C(O)C/C=C\CCCC(=O)OC(COC(=O)CCCCCCC/C=C\CCCCCCCC)COP(=O)(O)OCC[N+](C)(C)C. The number of carbonyl (C=O) groups excluding carboxylic acids is 2. The Hall–Kier alpha value is -2.33. The van der Waals surface area contributed by atoms with Crippen LogP contribution in [0.3, 0.4) is 0 Å². The third-order valence-corrected chi connectivity index (χ3v) is 10.1. The molecule has 0 saturated heterocycles. The van der Waals surface area contributed by atoms with E-state index in [0.717, 1.165) is 44.9 Å². The van der Waals surface area contributed by atoms with Gasteiger partial charge in [0.1, 0.15) is 19.8 Å². The summed E-state index contributed by atoms with van der Waals surface area (Å²) in [6.07, 6.45) is 41.5. The first-order valence-corrected chi connectivity index (χ1v) is 23.6. The molecule has 0 heterocycles. The number of hydrogen-bond acceptors (Lipinski definition) is 8. The minimum Gasteiger partial charge on any atom is -0.462 e. The average Bonchev–Trinajstić information content (AvgIpc) is 3.15. The van der Waals surface area contributed by atoms with E-state index < -0.39 is 38.6 Å². The normalized spacial score (nSPS) is 14.7. The number of likely N-dealkylation sites (N-methyl/N-ethyl adjacent to an activating group) is 1. The molecule has 0 aliphatic heterocycles. The lowest BCUT2D eigenvalue weighted by Crippen LogP contribution is -2.37. The summed E-state index contributed by atoms with van der Waals surface area (Å²) in [5.41, 5.74) is 0. The van der Waals surface area contributed by atoms with Gasteiger partial charge in [-0.1, -0.05) is 139 Å². The van der Waals surface area contributed by atoms with E-state index in [9.17, 15) is 24.2 Å². The molecule has 2 N–H and O–H groups in total. The molecular weight excluding hydrogens is 741 g/mol. The van der Waals surface area contributed by atoms with Gasteiger partial charge in [-0.15, -0.1) is 0 Å². The zero-order chi connectivity index (χ0) is 42.3. The van der Waals surface area contributed by atoms with Crippen LogP contribution in [0.15, 0.2) is 60.8 Å². The molecule has 3 atom stereocenters. The van der Waals surface area contributed by atoms with Crippen molar-refractivity contribution in [2.75, 3.05) is 47.5 Å². The Morgan fingerprint density at radius 3 is 1.84 bits per heavy atom. The molecule has 11 heteroatoms. The van der Waals surface area contributed by atoms with Gasteiger partial charge < -0.3 is 24.0 Å². The van der Waals surface area contributed by atoms with Gasteiger partial charge in [0.05, 0.1) is 33.9 Å². The molecule has 330 valence electrons. The van der Waals surface area contributed by atoms with E-state index in [1.807, 2.05) is 45.4 Å². The zero-order valence-corrected chi connectivity index (χ0v) is 37.6. The van der Waals surface area contributed by atoms with Crippen LogP contribution in [-0.4, -0.2) is 86.1 Å². The lowest BCUT2D eigenvalue weighted by molar-refractivity contribution is -0.870. The van der Waals surface area contributed by atoms with Crippen molar-refractivity contribution in [1.29, 1.82) is 0 Å². The van der Waals surface area contributed by atoms with Gasteiger partial charge in [-0.3, -0.25) is 18.6 Å². The number of rotatable bonds is 39. The van der Waals surface area contributed by atoms with Crippen LogP contribution in [0.1, 0.15) is 162 Å². The smallest absolute Gasteiger partial charge is 0.462 e. The van der Waals surface area contributed by atoms with E-state index in [-0.39, 0.29) is 26.1 Å². The van der Waals surface area contributed by atoms with E-state index in [2.05, 4.69) is 44.2 Å². The van der Waals surface area contributed by atoms with Crippen molar-refractivity contribution in [3.63, 3.8) is 0 Å². The maximum absolute atomic E-state index is 12.7. The molecule has 0 amide bonds. The number of unbranched alkanes of at least 4 members (excludes halogenated alkanes) is 15. The van der Waals surface area contributed by atoms with Crippen LogP contribution in [0.25, 0.3) is 0 Å². The Kier molecular flexibility index (Phi) is 36.4. The molecule has 10 nitrogen and oxygen atoms in total. The highest BCUT2D eigenvalue weighted by Crippen LogP contribution is 2.43. The Balaban J connectivity index is 4.57. The zero-order valence-electron chi connectivity index (χ0n) is 36.7. The summed E-state index contributed by atoms with van der Waals surface area (Å²) >= 11 is 0. The lowest BCUT2D eigenvalue weighted by Gasteiger charge is -2.24. The minimum atomic E-state index is -4.42. The third kappa shape index (κ3) is 41.6. The van der Waals surface area contributed by atoms with E-state index in [4.69, 9.17) is 18.5 Å². The number of esters is 2. The molecule has 0 aromatic rings. The van der Waals surface area contributed by atoms with Crippen LogP contribution in [-0.2, 0) is 32.7 Å². The highest BCUT2D eigenvalue weighted by atomic mass is 31.2. The van der Waals surface area contributed by atoms with Gasteiger partial charge in [-0.05, 0) is 70.6 Å². The Labute approximate surface area is 348 Å². The number of aliphatic hydroxyl groups excluding tert-OH is 1. The van der Waals surface area contributed by atoms with Gasteiger partial charge in [-0.25, -0.2) is 4.57 Å². The van der Waals surface area contributed by atoms with E-state index in [0.29, 0.717) is 36.7 Å². The van der Waals surface area contributed by atoms with Crippen molar-refractivity contribution in [2.24, 2.45) is 0 Å². The fourth-order valence-corrected chi connectivity index (χ4v) is 6.30. The number of aliphatic hydroxyl groups is 1. The fraction of sp³-hybridized carbons (Fsp3) is 0.739. The van der Waals surface area contributed by atoms with E-state index in [1.54, 1.807) is 6.08 Å². The number of phosphoric acid groups is 1. The molecular formula is C46H83NO9P+. The van der Waals surface area contributed by atoms with Crippen molar-refractivity contribution in [3.05, 3.63) is 60.8 Å². The van der Waals surface area contributed by atoms with Crippen LogP contribution in [0.5, 0.6) is 0 Å². The van der Waals surface area contributed by atoms with Gasteiger partial charge in [0.15, 0.2) is 6.10 Å². The number of quaternary nitrogens is 1. The standard InChI is InChI=1S/C46H82NO9P/c1-6-8-10-12-14-16-18-19-20-21-22-24-26-28-33-37-45(49)53-41-44(42-55-57(51,52)54-40-39-47(3,4)5)56-46(50)38-34-30-29-32-36-43(48)35-31-27-25-23-17-15-13-11-9-7-2/h15,17,19-20,25,27,29,31-32,35,43-44,48H,6-14,16,18,21-24,26,28,30,33-34,36-42H2,1-5H3/p+1/b17-15-,20-19-,27-25-,32-29-,35-31-. The number of phosphoric ester groups is 1. The number of carbonyl (C=O) groups is 2. The minimum absolute atomic E-state index is 0.00167. The van der Waals surface area contributed by atoms with Gasteiger partial charge in [0, 0.05) is 12.8 Å². The van der Waals surface area contributed by atoms with Crippen LogP contribution in [0.2, 0.25) is 0 Å². The molecule has 0 aliphatic rings. The largest absolute Gasteiger partial charge is 0.472 e. The van der Waals surface area contributed by atoms with Crippen molar-refractivity contribution < 1.29 is 47.2 Å². The van der Waals surface area contributed by atoms with Gasteiger partial charge in [0.25, 0.3) is 0 Å². The molecule has 0 aliphatic carbocycles. The summed E-state index contributed by atoms with van der Waals surface area (Å²) in [5.74, 6) is -0.946. The molecule has 0 aromatic heterocycles. The summed E-state index contributed by atoms with van der Waals surface area (Å²) in [6.45, 7) is 4.19. The van der Waals surface area contributed by atoms with Crippen molar-refractivity contribution in [2.45, 2.75) is 174 Å². The topological polar surface area (TPSA) is 129 Å². The fourth-order valence-electron chi connectivity index (χ4n) is 5.55. The molecule has 0 fully saturated rings. The van der Waals surface area contributed by atoms with Gasteiger partial charge in [0.2, 0.25) is 0 Å². The number of allylic oxidation sites excluding steroid dienone is 8. The molecule has 3 unspecified atom stereocenters. The van der Waals surface area contributed by atoms with Crippen LogP contribution < -0.4 is 0 Å². The summed E-state index contributed by atoms with van der Waals surface area (Å²) in [5, 5.41) is 10.2. The number of nitrogens with zero attached hydrogens (tertiary/aromatic N) is 1. The molecule has 0 saturated carbocycles. The van der Waals surface area contributed by atoms with Crippen LogP contribution in [0.4, 0.5) is 0 Å². The first kappa shape index (κ1) is 54.7. The highest BCUT2D eigenvalue weighted by Gasteiger charge is 2.27. The Morgan fingerprint density at radius 1 is 0.632 bits per heavy atom. The second kappa shape index (κ2) is 37.9. The van der Waals surface area contributed by atoms with Crippen LogP contribution in [0, 0.1) is 0 Å². The molecule has 0 radical (unpaired) electrons. The Morgan fingerprint density at radius 2 is 1.18 bits per heavy atom. The highest BCUT2D eigenvalue weighted by molar-refractivity contribution is 7.47. The van der Waals surface area contributed by atoms with Gasteiger partial charge >= 0.3 is 19.8 Å². The molecule has 0 rings (SSSR count). The second-order valence-corrected chi connectivity index (χ2v) is 17.4. The lowest BCUT2D eigenvalue weighted by atomic mass is 10.1. The third-order valence-electron chi connectivity index (χ3n) is 9.10. The van der Waals surface area contributed by atoms with Gasteiger partial charge in [-0.2, -0.15) is 0 Å². The number of hydrogen-bond donors (Lipinski definition) is 2. The maximum Gasteiger partial charge on any atom is 0.472 e. The van der Waals surface area contributed by atoms with Crippen molar-refractivity contribution >= 4 is 19.8 Å². The van der Waals surface area contributed by atoms with E-state index in [1.165, 1.54) is 64.2 Å². The maximum atomic E-state index is 12.7. The molecule has 57 heavy (non-hydrogen) atoms. The second-order valence-electron chi connectivity index (χ2n) is 15.9. The molecule has 0 bridgehead atoms. The Bertz CT molecular complexity index is 1170. The van der Waals surface area contributed by atoms with Crippen LogP contribution >= 0.6 is 7.82 Å². The van der Waals surface area contributed by atoms with Crippen molar-refractivity contribution in [1.82, 2.24) is 0 Å². The summed E-state index contributed by atoms with van der Waals surface area (Å²) in [4.78, 5) is 35.3. The first-order chi connectivity index (χ1) is 27.4. The first-order valence-electron chi connectivity index (χ1n) is 22.1. The predicted octanol–water partition coefficient (Wildman–Crippen LogP) is 11.4. The number of ether oxygens (including phenoxy) is 2. The summed E-state index contributed by atoms with van der Waals surface area (Å²) in [7, 11) is 1.37. The molecule has 0 spiro atoms. The summed E-state index contributed by atoms with van der Waals surface area (Å²) < 4.78 is 34.1. The average molecular weight is 825 g/mol. The summed E-state index contributed by atoms with van der Waals surface area (Å²) in [6, 6.07) is 0. The quantitative estimate of drug-likeness (QED) is 0.0155. The predicted molar refractivity (Wildman–Crippen MR) is 235 cm³/mol. The monoisotopic (exact) mass is 825 g/mol. The molecule has 0 aromatic carbocycles. The van der Waals surface area contributed by atoms with Crippen molar-refractivity contribution in [3.8, 4) is 0 Å².